The molecule has 1 aliphatic rings. The van der Waals surface area contributed by atoms with Gasteiger partial charge in [-0.2, -0.15) is 0 Å². The molecule has 2 rings (SSSR count). The number of ether oxygens (including phenoxy) is 1. The van der Waals surface area contributed by atoms with Crippen LogP contribution in [-0.4, -0.2) is 54.0 Å². The Labute approximate surface area is 122 Å². The predicted molar refractivity (Wildman–Crippen MR) is 76.5 cm³/mol. The number of rotatable bonds is 5. The zero-order valence-corrected chi connectivity index (χ0v) is 12.3. The summed E-state index contributed by atoms with van der Waals surface area (Å²) in [6, 6.07) is 2.77. The minimum Gasteiger partial charge on any atom is -0.475 e. The van der Waals surface area contributed by atoms with Crippen LogP contribution in [0.15, 0.2) is 12.1 Å². The lowest BCUT2D eigenvalue weighted by molar-refractivity contribution is -0.389. The molecule has 1 aliphatic heterocycles. The summed E-state index contributed by atoms with van der Waals surface area (Å²) in [5.41, 5.74) is 0. The third-order valence-corrected chi connectivity index (χ3v) is 3.17. The Morgan fingerprint density at radius 2 is 2.19 bits per heavy atom. The van der Waals surface area contributed by atoms with Crippen LogP contribution in [0, 0.1) is 10.1 Å². The highest BCUT2D eigenvalue weighted by molar-refractivity contribution is 5.98. The van der Waals surface area contributed by atoms with Gasteiger partial charge in [-0.1, -0.05) is 0 Å². The first-order valence-corrected chi connectivity index (χ1v) is 6.68. The lowest BCUT2D eigenvalue weighted by Gasteiger charge is -2.29. The first-order chi connectivity index (χ1) is 9.90. The summed E-state index contributed by atoms with van der Waals surface area (Å²) in [5.74, 6) is 0.107. The minimum absolute atomic E-state index is 0.228. The van der Waals surface area contributed by atoms with Crippen molar-refractivity contribution in [2.45, 2.75) is 19.4 Å². The maximum Gasteiger partial charge on any atom is 0.366 e. The molecule has 1 amide bonds. The second-order valence-corrected chi connectivity index (χ2v) is 5.16. The maximum absolute atomic E-state index is 12.2. The van der Waals surface area contributed by atoms with E-state index in [0.29, 0.717) is 12.3 Å². The van der Waals surface area contributed by atoms with Gasteiger partial charge in [0.05, 0.1) is 0 Å². The van der Waals surface area contributed by atoms with Gasteiger partial charge in [-0.15, -0.1) is 0 Å². The van der Waals surface area contributed by atoms with Crippen LogP contribution < -0.4 is 9.64 Å². The molecule has 114 valence electrons. The molecule has 8 nitrogen and oxygen atoms in total. The maximum atomic E-state index is 12.2. The van der Waals surface area contributed by atoms with E-state index < -0.39 is 11.0 Å². The molecule has 1 aromatic rings. The Balaban J connectivity index is 2.28. The van der Waals surface area contributed by atoms with Crippen LogP contribution in [0.25, 0.3) is 0 Å². The summed E-state index contributed by atoms with van der Waals surface area (Å²) in [4.78, 5) is 29.9. The fraction of sp³-hybridized carbons (Fsp3) is 0.538. The molecule has 2 heterocycles. The van der Waals surface area contributed by atoms with Crippen molar-refractivity contribution in [1.82, 2.24) is 9.88 Å². The largest absolute Gasteiger partial charge is 0.475 e. The highest BCUT2D eigenvalue weighted by Gasteiger charge is 2.36. The Morgan fingerprint density at radius 1 is 1.48 bits per heavy atom. The Hall–Kier alpha value is -2.22. The third kappa shape index (κ3) is 3.27. The van der Waals surface area contributed by atoms with Gasteiger partial charge < -0.3 is 19.8 Å². The van der Waals surface area contributed by atoms with Crippen molar-refractivity contribution in [3.63, 3.8) is 0 Å². The number of amides is 1. The second-order valence-electron chi connectivity index (χ2n) is 5.16. The molecule has 0 spiro atoms. The fourth-order valence-electron chi connectivity index (χ4n) is 2.14. The zero-order chi connectivity index (χ0) is 15.6. The van der Waals surface area contributed by atoms with Crippen LogP contribution in [0.2, 0.25) is 0 Å². The molecule has 0 saturated carbocycles. The SMILES string of the molecule is CC1Oc2ccc([N+](=O)[O-])nc2N(CCCN(C)C)C1=O. The standard InChI is InChI=1S/C13H18N4O4/c1-9-13(18)16(8-4-7-15(2)3)12-10(21-9)5-6-11(14-12)17(19)20/h5-6,9H,4,7-8H2,1-3H3. The second kappa shape index (κ2) is 6.04. The Morgan fingerprint density at radius 3 is 2.81 bits per heavy atom. The van der Waals surface area contributed by atoms with E-state index in [1.54, 1.807) is 6.92 Å². The van der Waals surface area contributed by atoms with E-state index in [0.717, 1.165) is 13.0 Å². The number of nitrogens with zero attached hydrogens (tertiary/aromatic N) is 4. The van der Waals surface area contributed by atoms with E-state index in [1.165, 1.54) is 17.0 Å². The van der Waals surface area contributed by atoms with Crippen molar-refractivity contribution in [2.75, 3.05) is 32.1 Å². The molecular formula is C13H18N4O4. The van der Waals surface area contributed by atoms with Gasteiger partial charge in [0.25, 0.3) is 11.7 Å². The first-order valence-electron chi connectivity index (χ1n) is 6.68. The summed E-state index contributed by atoms with van der Waals surface area (Å²) in [7, 11) is 3.89. The average molecular weight is 294 g/mol. The topological polar surface area (TPSA) is 88.8 Å². The molecule has 0 bridgehead atoms. The molecule has 0 saturated heterocycles. The van der Waals surface area contributed by atoms with Crippen LogP contribution in [0.4, 0.5) is 11.6 Å². The van der Waals surface area contributed by atoms with Gasteiger partial charge in [-0.05, 0) is 50.0 Å². The van der Waals surface area contributed by atoms with Gasteiger partial charge in [0.2, 0.25) is 0 Å². The van der Waals surface area contributed by atoms with E-state index in [4.69, 9.17) is 4.74 Å². The minimum atomic E-state index is -0.611. The van der Waals surface area contributed by atoms with Crippen molar-refractivity contribution in [1.29, 1.82) is 0 Å². The van der Waals surface area contributed by atoms with Crippen LogP contribution in [0.3, 0.4) is 0 Å². The van der Waals surface area contributed by atoms with Crippen molar-refractivity contribution < 1.29 is 14.5 Å². The number of aromatic nitrogens is 1. The molecule has 1 unspecified atom stereocenters. The number of hydrogen-bond donors (Lipinski definition) is 0. The van der Waals surface area contributed by atoms with E-state index in [9.17, 15) is 14.9 Å². The van der Waals surface area contributed by atoms with Crippen LogP contribution >= 0.6 is 0 Å². The summed E-state index contributed by atoms with van der Waals surface area (Å²) >= 11 is 0. The monoisotopic (exact) mass is 294 g/mol. The van der Waals surface area contributed by atoms with Crippen LogP contribution in [0.1, 0.15) is 13.3 Å². The Kier molecular flexibility index (Phi) is 4.37. The predicted octanol–water partition coefficient (Wildman–Crippen LogP) is 1.06. The molecule has 0 aliphatic carbocycles. The molecule has 0 N–H and O–H groups in total. The quantitative estimate of drug-likeness (QED) is 0.596. The highest BCUT2D eigenvalue weighted by atomic mass is 16.6. The fourth-order valence-corrected chi connectivity index (χ4v) is 2.14. The molecule has 0 fully saturated rings. The Bertz CT molecular complexity index is 561. The van der Waals surface area contributed by atoms with E-state index >= 15 is 0 Å². The average Bonchev–Trinajstić information content (AvgIpc) is 2.42. The summed E-state index contributed by atoms with van der Waals surface area (Å²) in [6.07, 6.45) is 0.134. The number of carbonyl (C=O) groups is 1. The number of hydrogen-bond acceptors (Lipinski definition) is 6. The van der Waals surface area contributed by atoms with E-state index in [-0.39, 0.29) is 17.5 Å². The number of nitro groups is 1. The van der Waals surface area contributed by atoms with Gasteiger partial charge in [-0.25, -0.2) is 0 Å². The van der Waals surface area contributed by atoms with Gasteiger partial charge in [-0.3, -0.25) is 9.69 Å². The van der Waals surface area contributed by atoms with Crippen LogP contribution in [-0.2, 0) is 4.79 Å². The van der Waals surface area contributed by atoms with Gasteiger partial charge in [0.15, 0.2) is 11.9 Å². The molecule has 0 aromatic carbocycles. The van der Waals surface area contributed by atoms with Crippen molar-refractivity contribution in [2.24, 2.45) is 0 Å². The molecule has 1 atom stereocenters. The van der Waals surface area contributed by atoms with E-state index in [2.05, 4.69) is 4.98 Å². The molecular weight excluding hydrogens is 276 g/mol. The third-order valence-electron chi connectivity index (χ3n) is 3.17. The van der Waals surface area contributed by atoms with Gasteiger partial charge in [0.1, 0.15) is 0 Å². The van der Waals surface area contributed by atoms with Crippen LogP contribution in [0.5, 0.6) is 5.75 Å². The number of anilines is 1. The lowest BCUT2D eigenvalue weighted by Crippen LogP contribution is -2.45. The number of fused-ring (bicyclic) bond motifs is 1. The zero-order valence-electron chi connectivity index (χ0n) is 12.3. The van der Waals surface area contributed by atoms with Gasteiger partial charge >= 0.3 is 5.82 Å². The lowest BCUT2D eigenvalue weighted by atomic mass is 10.2. The summed E-state index contributed by atoms with van der Waals surface area (Å²) in [5, 5.41) is 10.8. The van der Waals surface area contributed by atoms with Crippen molar-refractivity contribution in [3.05, 3.63) is 22.2 Å². The molecule has 21 heavy (non-hydrogen) atoms. The van der Waals surface area contributed by atoms with E-state index in [1.807, 2.05) is 19.0 Å². The summed E-state index contributed by atoms with van der Waals surface area (Å²) in [6.45, 7) is 2.92. The number of carbonyl (C=O) groups excluding carboxylic acids is 1. The molecule has 0 radical (unpaired) electrons. The summed E-state index contributed by atoms with van der Waals surface area (Å²) < 4.78 is 5.45. The van der Waals surface area contributed by atoms with Crippen molar-refractivity contribution >= 4 is 17.5 Å². The number of pyridine rings is 1. The first kappa shape index (κ1) is 15.2. The molecule has 1 aromatic heterocycles. The smallest absolute Gasteiger partial charge is 0.366 e. The normalized spacial score (nSPS) is 17.6. The highest BCUT2D eigenvalue weighted by Crippen LogP contribution is 2.33. The molecule has 8 heteroatoms. The van der Waals surface area contributed by atoms with Crippen molar-refractivity contribution in [3.8, 4) is 5.75 Å². The van der Waals surface area contributed by atoms with Gasteiger partial charge in [0, 0.05) is 12.6 Å².